The van der Waals surface area contributed by atoms with Gasteiger partial charge in [0.05, 0.1) is 22.6 Å². The molecule has 0 aromatic heterocycles. The first-order valence-electron chi connectivity index (χ1n) is 8.46. The Bertz CT molecular complexity index is 736. The summed E-state index contributed by atoms with van der Waals surface area (Å²) >= 11 is 12.2. The predicted molar refractivity (Wildman–Crippen MR) is 101 cm³/mol. The van der Waals surface area contributed by atoms with Crippen LogP contribution in [0.1, 0.15) is 24.0 Å². The molecule has 0 spiro atoms. The second-order valence-electron chi connectivity index (χ2n) is 6.32. The van der Waals surface area contributed by atoms with Gasteiger partial charge in [-0.05, 0) is 30.2 Å². The summed E-state index contributed by atoms with van der Waals surface area (Å²) in [7, 11) is 0. The molecule has 2 aromatic carbocycles. The van der Waals surface area contributed by atoms with E-state index in [4.69, 9.17) is 27.9 Å². The molecule has 1 aliphatic rings. The van der Waals surface area contributed by atoms with E-state index in [0.717, 1.165) is 18.7 Å². The number of ether oxygens (including phenoxy) is 1. The maximum absolute atomic E-state index is 12.5. The van der Waals surface area contributed by atoms with E-state index in [-0.39, 0.29) is 17.8 Å². The van der Waals surface area contributed by atoms with Gasteiger partial charge >= 0.3 is 5.97 Å². The minimum absolute atomic E-state index is 0.0533. The Morgan fingerprint density at radius 3 is 2.56 bits per heavy atom. The molecule has 1 fully saturated rings. The number of hydrogen-bond donors (Lipinski definition) is 0. The van der Waals surface area contributed by atoms with Crippen molar-refractivity contribution in [2.24, 2.45) is 5.92 Å². The number of esters is 1. The number of rotatable bonds is 5. The first-order chi connectivity index (χ1) is 12.1. The van der Waals surface area contributed by atoms with E-state index in [1.165, 1.54) is 5.56 Å². The summed E-state index contributed by atoms with van der Waals surface area (Å²) in [5.74, 6) is -0.285. The van der Waals surface area contributed by atoms with Crippen LogP contribution in [-0.2, 0) is 16.1 Å². The zero-order valence-corrected chi connectivity index (χ0v) is 15.6. The molecule has 0 amide bonds. The third-order valence-corrected chi connectivity index (χ3v) is 5.34. The molecule has 2 atom stereocenters. The van der Waals surface area contributed by atoms with Gasteiger partial charge in [0.25, 0.3) is 0 Å². The molecule has 1 saturated heterocycles. The lowest BCUT2D eigenvalue weighted by atomic mass is 9.89. The maximum atomic E-state index is 12.5. The summed E-state index contributed by atoms with van der Waals surface area (Å²) in [5, 5.41) is 1.04. The molecule has 2 unspecified atom stereocenters. The molecule has 0 saturated carbocycles. The summed E-state index contributed by atoms with van der Waals surface area (Å²) in [6, 6.07) is 15.9. The first kappa shape index (κ1) is 18.2. The zero-order chi connectivity index (χ0) is 17.8. The van der Waals surface area contributed by atoms with E-state index >= 15 is 0 Å². The lowest BCUT2D eigenvalue weighted by molar-refractivity contribution is -0.148. The molecule has 2 aromatic rings. The molecule has 0 radical (unpaired) electrons. The van der Waals surface area contributed by atoms with Crippen LogP contribution < -0.4 is 0 Å². The van der Waals surface area contributed by atoms with Gasteiger partial charge in [-0.15, -0.1) is 0 Å². The van der Waals surface area contributed by atoms with Crippen molar-refractivity contribution in [3.63, 3.8) is 0 Å². The molecule has 25 heavy (non-hydrogen) atoms. The van der Waals surface area contributed by atoms with Gasteiger partial charge in [0.1, 0.15) is 0 Å². The van der Waals surface area contributed by atoms with Gasteiger partial charge in [-0.1, -0.05) is 59.6 Å². The summed E-state index contributed by atoms with van der Waals surface area (Å²) in [4.78, 5) is 14.8. The molecule has 3 nitrogen and oxygen atoms in total. The summed E-state index contributed by atoms with van der Waals surface area (Å²) in [6.07, 6.45) is 0. The molecule has 1 heterocycles. The Kier molecular flexibility index (Phi) is 6.00. The minimum Gasteiger partial charge on any atom is -0.466 e. The van der Waals surface area contributed by atoms with Crippen LogP contribution in [0, 0.1) is 5.92 Å². The third kappa shape index (κ3) is 4.35. The zero-order valence-electron chi connectivity index (χ0n) is 14.1. The second-order valence-corrected chi connectivity index (χ2v) is 7.13. The van der Waals surface area contributed by atoms with Gasteiger partial charge in [-0.2, -0.15) is 0 Å². The van der Waals surface area contributed by atoms with Crippen LogP contribution in [0.4, 0.5) is 0 Å². The fourth-order valence-electron chi connectivity index (χ4n) is 3.42. The van der Waals surface area contributed by atoms with Crippen LogP contribution in [-0.4, -0.2) is 30.6 Å². The number of halogens is 2. The SMILES string of the molecule is CCOC(=O)C1CN(Cc2ccccc2)CC1c1ccc(Cl)c(Cl)c1. The van der Waals surface area contributed by atoms with Crippen molar-refractivity contribution < 1.29 is 9.53 Å². The quantitative estimate of drug-likeness (QED) is 0.702. The van der Waals surface area contributed by atoms with E-state index in [1.54, 1.807) is 6.07 Å². The Labute approximate surface area is 158 Å². The van der Waals surface area contributed by atoms with Gasteiger partial charge < -0.3 is 4.74 Å². The van der Waals surface area contributed by atoms with E-state index < -0.39 is 0 Å². The number of nitrogens with zero attached hydrogens (tertiary/aromatic N) is 1. The summed E-state index contributed by atoms with van der Waals surface area (Å²) in [6.45, 7) is 4.51. The highest BCUT2D eigenvalue weighted by molar-refractivity contribution is 6.42. The highest BCUT2D eigenvalue weighted by atomic mass is 35.5. The van der Waals surface area contributed by atoms with E-state index in [0.29, 0.717) is 23.2 Å². The van der Waals surface area contributed by atoms with Crippen molar-refractivity contribution in [2.45, 2.75) is 19.4 Å². The predicted octanol–water partition coefficient (Wildman–Crippen LogP) is 4.77. The molecule has 5 heteroatoms. The normalized spacial score (nSPS) is 20.6. The van der Waals surface area contributed by atoms with Gasteiger partial charge in [0.2, 0.25) is 0 Å². The highest BCUT2D eigenvalue weighted by Gasteiger charge is 2.39. The van der Waals surface area contributed by atoms with Crippen molar-refractivity contribution in [2.75, 3.05) is 19.7 Å². The third-order valence-electron chi connectivity index (χ3n) is 4.61. The molecule has 0 bridgehead atoms. The molecule has 0 N–H and O–H groups in total. The van der Waals surface area contributed by atoms with E-state index in [9.17, 15) is 4.79 Å². The fraction of sp³-hybridized carbons (Fsp3) is 0.350. The molecule has 0 aliphatic carbocycles. The first-order valence-corrected chi connectivity index (χ1v) is 9.22. The largest absolute Gasteiger partial charge is 0.466 e. The van der Waals surface area contributed by atoms with E-state index in [1.807, 2.05) is 37.3 Å². The smallest absolute Gasteiger partial charge is 0.310 e. The van der Waals surface area contributed by atoms with Crippen LogP contribution >= 0.6 is 23.2 Å². The van der Waals surface area contributed by atoms with Gasteiger partial charge in [0.15, 0.2) is 0 Å². The fourth-order valence-corrected chi connectivity index (χ4v) is 3.73. The van der Waals surface area contributed by atoms with Crippen LogP contribution in [0.25, 0.3) is 0 Å². The van der Waals surface area contributed by atoms with Gasteiger partial charge in [-0.25, -0.2) is 0 Å². The number of benzene rings is 2. The summed E-state index contributed by atoms with van der Waals surface area (Å²) in [5.41, 5.74) is 2.27. The van der Waals surface area contributed by atoms with E-state index in [2.05, 4.69) is 17.0 Å². The lowest BCUT2D eigenvalue weighted by Gasteiger charge is -2.18. The molecule has 132 valence electrons. The molecule has 1 aliphatic heterocycles. The molecular formula is C20H21Cl2NO2. The van der Waals surface area contributed by atoms with Gasteiger partial charge in [-0.3, -0.25) is 9.69 Å². The topological polar surface area (TPSA) is 29.5 Å². The Hall–Kier alpha value is -1.55. The van der Waals surface area contributed by atoms with Crippen molar-refractivity contribution in [3.05, 3.63) is 69.7 Å². The Balaban J connectivity index is 1.82. The van der Waals surface area contributed by atoms with Gasteiger partial charge in [0, 0.05) is 25.6 Å². The number of hydrogen-bond acceptors (Lipinski definition) is 3. The number of carbonyl (C=O) groups excluding carboxylic acids is 1. The standard InChI is InChI=1S/C20H21Cl2NO2/c1-2-25-20(24)17-13-23(11-14-6-4-3-5-7-14)12-16(17)15-8-9-18(21)19(22)10-15/h3-10,16-17H,2,11-13H2,1H3. The minimum atomic E-state index is -0.194. The van der Waals surface area contributed by atoms with Crippen molar-refractivity contribution in [3.8, 4) is 0 Å². The highest BCUT2D eigenvalue weighted by Crippen LogP contribution is 2.36. The molecule has 3 rings (SSSR count). The van der Waals surface area contributed by atoms with Crippen LogP contribution in [0.5, 0.6) is 0 Å². The average Bonchev–Trinajstić information content (AvgIpc) is 3.02. The Morgan fingerprint density at radius 1 is 1.12 bits per heavy atom. The molecular weight excluding hydrogens is 357 g/mol. The monoisotopic (exact) mass is 377 g/mol. The summed E-state index contributed by atoms with van der Waals surface area (Å²) < 4.78 is 5.31. The van der Waals surface area contributed by atoms with Crippen molar-refractivity contribution in [1.82, 2.24) is 4.90 Å². The maximum Gasteiger partial charge on any atom is 0.310 e. The second kappa shape index (κ2) is 8.22. The van der Waals surface area contributed by atoms with Crippen molar-refractivity contribution >= 4 is 29.2 Å². The van der Waals surface area contributed by atoms with Crippen LogP contribution in [0.15, 0.2) is 48.5 Å². The lowest BCUT2D eigenvalue weighted by Crippen LogP contribution is -2.25. The number of likely N-dealkylation sites (tertiary alicyclic amines) is 1. The van der Waals surface area contributed by atoms with Crippen LogP contribution in [0.2, 0.25) is 10.0 Å². The van der Waals surface area contributed by atoms with Crippen LogP contribution in [0.3, 0.4) is 0 Å². The van der Waals surface area contributed by atoms with Crippen molar-refractivity contribution in [1.29, 1.82) is 0 Å². The Morgan fingerprint density at radius 2 is 1.88 bits per heavy atom. The average molecular weight is 378 g/mol. The number of carbonyl (C=O) groups is 1.